The molecule has 0 aliphatic heterocycles. The van der Waals surface area contributed by atoms with E-state index in [4.69, 9.17) is 4.74 Å². The molecule has 0 bridgehead atoms. The number of benzene rings is 1. The summed E-state index contributed by atoms with van der Waals surface area (Å²) in [5, 5.41) is 3.01. The fourth-order valence-corrected chi connectivity index (χ4v) is 2.28. The number of hydrogen-bond donors (Lipinski definition) is 1. The molecule has 2 amide bonds. The van der Waals surface area contributed by atoms with E-state index in [1.54, 1.807) is 0 Å². The topological polar surface area (TPSA) is 41.6 Å². The third-order valence-electron chi connectivity index (χ3n) is 3.14. The summed E-state index contributed by atoms with van der Waals surface area (Å²) < 4.78 is 5.42. The lowest BCUT2D eigenvalue weighted by atomic mass is 10.1. The summed E-state index contributed by atoms with van der Waals surface area (Å²) in [6, 6.07) is 7.85. The van der Waals surface area contributed by atoms with Crippen LogP contribution in [-0.2, 0) is 6.54 Å². The predicted octanol–water partition coefficient (Wildman–Crippen LogP) is 3.91. The van der Waals surface area contributed by atoms with E-state index in [2.05, 4.69) is 33.0 Å². The quantitative estimate of drug-likeness (QED) is 0.791. The molecule has 0 saturated heterocycles. The van der Waals surface area contributed by atoms with E-state index in [-0.39, 0.29) is 6.03 Å². The zero-order valence-electron chi connectivity index (χ0n) is 14.6. The summed E-state index contributed by atoms with van der Waals surface area (Å²) in [6.45, 7) is 13.3. The average Bonchev–Trinajstić information content (AvgIpc) is 2.45. The van der Waals surface area contributed by atoms with Gasteiger partial charge in [0, 0.05) is 19.6 Å². The molecule has 4 nitrogen and oxygen atoms in total. The highest BCUT2D eigenvalue weighted by Crippen LogP contribution is 2.12. The second-order valence-electron chi connectivity index (χ2n) is 6.43. The first-order chi connectivity index (χ1) is 10.4. The van der Waals surface area contributed by atoms with Crippen molar-refractivity contribution in [1.29, 1.82) is 0 Å². The van der Waals surface area contributed by atoms with Gasteiger partial charge in [-0.05, 0) is 36.5 Å². The third-order valence-corrected chi connectivity index (χ3v) is 3.14. The Labute approximate surface area is 134 Å². The molecule has 0 fully saturated rings. The second-order valence-corrected chi connectivity index (χ2v) is 6.43. The van der Waals surface area contributed by atoms with Gasteiger partial charge in [0.1, 0.15) is 5.75 Å². The molecule has 0 unspecified atom stereocenters. The van der Waals surface area contributed by atoms with Gasteiger partial charge < -0.3 is 15.0 Å². The number of amides is 2. The molecule has 0 atom stereocenters. The predicted molar refractivity (Wildman–Crippen MR) is 91.1 cm³/mol. The Morgan fingerprint density at radius 3 is 2.09 bits per heavy atom. The fraction of sp³-hybridized carbons (Fsp3) is 0.611. The number of rotatable bonds is 8. The Morgan fingerprint density at radius 1 is 1.09 bits per heavy atom. The SMILES string of the molecule is CCOc1ccc(CNC(=O)N(CC(C)C)CC(C)C)cc1. The molecule has 4 heteroatoms. The van der Waals surface area contributed by atoms with Crippen LogP contribution in [0.4, 0.5) is 4.79 Å². The number of hydrogen-bond acceptors (Lipinski definition) is 2. The maximum atomic E-state index is 12.3. The highest BCUT2D eigenvalue weighted by molar-refractivity contribution is 5.74. The van der Waals surface area contributed by atoms with Crippen LogP contribution in [-0.4, -0.2) is 30.6 Å². The molecule has 0 heterocycles. The third kappa shape index (κ3) is 6.83. The number of nitrogens with one attached hydrogen (secondary N) is 1. The van der Waals surface area contributed by atoms with Crippen LogP contribution >= 0.6 is 0 Å². The largest absolute Gasteiger partial charge is 0.494 e. The van der Waals surface area contributed by atoms with Crippen LogP contribution in [0.2, 0.25) is 0 Å². The van der Waals surface area contributed by atoms with Gasteiger partial charge in [-0.1, -0.05) is 39.8 Å². The van der Waals surface area contributed by atoms with E-state index in [1.807, 2.05) is 36.1 Å². The van der Waals surface area contributed by atoms with Crippen LogP contribution in [0.3, 0.4) is 0 Å². The second kappa shape index (κ2) is 9.34. The molecular formula is C18H30N2O2. The van der Waals surface area contributed by atoms with E-state index in [1.165, 1.54) is 0 Å². The smallest absolute Gasteiger partial charge is 0.317 e. The summed E-state index contributed by atoms with van der Waals surface area (Å²) in [7, 11) is 0. The lowest BCUT2D eigenvalue weighted by Crippen LogP contribution is -2.43. The van der Waals surface area contributed by atoms with Gasteiger partial charge in [0.25, 0.3) is 0 Å². The summed E-state index contributed by atoms with van der Waals surface area (Å²) in [4.78, 5) is 14.3. The van der Waals surface area contributed by atoms with Crippen LogP contribution < -0.4 is 10.1 Å². The van der Waals surface area contributed by atoms with Crippen molar-refractivity contribution in [3.05, 3.63) is 29.8 Å². The minimum atomic E-state index is 0.0104. The lowest BCUT2D eigenvalue weighted by molar-refractivity contribution is 0.183. The summed E-state index contributed by atoms with van der Waals surface area (Å²) in [6.07, 6.45) is 0. The maximum Gasteiger partial charge on any atom is 0.317 e. The van der Waals surface area contributed by atoms with E-state index in [9.17, 15) is 4.79 Å². The zero-order valence-corrected chi connectivity index (χ0v) is 14.6. The Morgan fingerprint density at radius 2 is 1.64 bits per heavy atom. The lowest BCUT2D eigenvalue weighted by Gasteiger charge is -2.26. The van der Waals surface area contributed by atoms with Crippen molar-refractivity contribution in [3.63, 3.8) is 0 Å². The average molecular weight is 306 g/mol. The maximum absolute atomic E-state index is 12.3. The molecule has 1 rings (SSSR count). The molecule has 1 aromatic carbocycles. The van der Waals surface area contributed by atoms with Gasteiger partial charge in [-0.25, -0.2) is 4.79 Å². The fourth-order valence-electron chi connectivity index (χ4n) is 2.28. The van der Waals surface area contributed by atoms with E-state index < -0.39 is 0 Å². The Hall–Kier alpha value is -1.71. The van der Waals surface area contributed by atoms with Crippen molar-refractivity contribution in [1.82, 2.24) is 10.2 Å². The van der Waals surface area contributed by atoms with Crippen molar-refractivity contribution in [2.24, 2.45) is 11.8 Å². The van der Waals surface area contributed by atoms with Crippen molar-refractivity contribution in [3.8, 4) is 5.75 Å². The van der Waals surface area contributed by atoms with Crippen LogP contribution in [0.25, 0.3) is 0 Å². The normalized spacial score (nSPS) is 10.9. The van der Waals surface area contributed by atoms with Gasteiger partial charge >= 0.3 is 6.03 Å². The molecule has 0 aliphatic rings. The Kier molecular flexibility index (Phi) is 7.78. The molecule has 0 aromatic heterocycles. The highest BCUT2D eigenvalue weighted by atomic mass is 16.5. The molecule has 1 N–H and O–H groups in total. The monoisotopic (exact) mass is 306 g/mol. The number of carbonyl (C=O) groups is 1. The van der Waals surface area contributed by atoms with Crippen molar-refractivity contribution in [2.75, 3.05) is 19.7 Å². The van der Waals surface area contributed by atoms with Crippen LogP contribution in [0, 0.1) is 11.8 Å². The zero-order chi connectivity index (χ0) is 16.5. The molecule has 0 aliphatic carbocycles. The number of ether oxygens (including phenoxy) is 1. The van der Waals surface area contributed by atoms with E-state index >= 15 is 0 Å². The molecule has 124 valence electrons. The standard InChI is InChI=1S/C18H30N2O2/c1-6-22-17-9-7-16(8-10-17)11-19-18(21)20(12-14(2)3)13-15(4)5/h7-10,14-15H,6,11-13H2,1-5H3,(H,19,21). The highest BCUT2D eigenvalue weighted by Gasteiger charge is 2.15. The van der Waals surface area contributed by atoms with Crippen molar-refractivity contribution < 1.29 is 9.53 Å². The summed E-state index contributed by atoms with van der Waals surface area (Å²) in [5.41, 5.74) is 1.07. The number of carbonyl (C=O) groups excluding carboxylic acids is 1. The first-order valence-corrected chi connectivity index (χ1v) is 8.16. The van der Waals surface area contributed by atoms with Gasteiger partial charge in [-0.3, -0.25) is 0 Å². The molecule has 0 spiro atoms. The van der Waals surface area contributed by atoms with Gasteiger partial charge in [-0.2, -0.15) is 0 Å². The number of nitrogens with zero attached hydrogens (tertiary/aromatic N) is 1. The first-order valence-electron chi connectivity index (χ1n) is 8.16. The van der Waals surface area contributed by atoms with Gasteiger partial charge in [0.05, 0.1) is 6.61 Å². The van der Waals surface area contributed by atoms with E-state index in [0.717, 1.165) is 24.4 Å². The van der Waals surface area contributed by atoms with Gasteiger partial charge in [0.15, 0.2) is 0 Å². The molecule has 1 aromatic rings. The molecule has 22 heavy (non-hydrogen) atoms. The molecule has 0 saturated carbocycles. The van der Waals surface area contributed by atoms with Crippen molar-refractivity contribution in [2.45, 2.75) is 41.2 Å². The Balaban J connectivity index is 2.54. The van der Waals surface area contributed by atoms with Crippen LogP contribution in [0.15, 0.2) is 24.3 Å². The summed E-state index contributed by atoms with van der Waals surface area (Å²) in [5.74, 6) is 1.80. The molecule has 0 radical (unpaired) electrons. The summed E-state index contributed by atoms with van der Waals surface area (Å²) >= 11 is 0. The van der Waals surface area contributed by atoms with E-state index in [0.29, 0.717) is 25.0 Å². The van der Waals surface area contributed by atoms with Gasteiger partial charge in [0.2, 0.25) is 0 Å². The minimum Gasteiger partial charge on any atom is -0.494 e. The Bertz CT molecular complexity index is 431. The molecular weight excluding hydrogens is 276 g/mol. The van der Waals surface area contributed by atoms with Crippen LogP contribution in [0.5, 0.6) is 5.75 Å². The van der Waals surface area contributed by atoms with Crippen molar-refractivity contribution >= 4 is 6.03 Å². The van der Waals surface area contributed by atoms with Gasteiger partial charge in [-0.15, -0.1) is 0 Å². The van der Waals surface area contributed by atoms with Crippen LogP contribution in [0.1, 0.15) is 40.2 Å². The number of urea groups is 1. The minimum absolute atomic E-state index is 0.0104. The first kappa shape index (κ1) is 18.3.